The third-order valence-corrected chi connectivity index (χ3v) is 23.4. The minimum Gasteiger partial charge on any atom is -0.481 e. The molecule has 0 aliphatic heterocycles. The molecule has 0 bridgehead atoms. The Morgan fingerprint density at radius 2 is 1.13 bits per heavy atom. The second-order valence-electron chi connectivity index (χ2n) is 13.8. The average Bonchev–Trinajstić information content (AvgIpc) is 2.53. The van der Waals surface area contributed by atoms with Gasteiger partial charge in [-0.15, -0.1) is 0 Å². The second kappa shape index (κ2) is 14.1. The van der Waals surface area contributed by atoms with Gasteiger partial charge in [-0.1, -0.05) is 6.58 Å². The predicted octanol–water partition coefficient (Wildman–Crippen LogP) is 6.66. The quantitative estimate of drug-likeness (QED) is 0.0997. The van der Waals surface area contributed by atoms with Crippen molar-refractivity contribution in [3.05, 3.63) is 12.2 Å². The van der Waals surface area contributed by atoms with E-state index >= 15 is 0 Å². The van der Waals surface area contributed by atoms with Crippen LogP contribution >= 0.6 is 0 Å². The van der Waals surface area contributed by atoms with Crippen molar-refractivity contribution in [1.82, 2.24) is 0 Å². The molecule has 0 spiro atoms. The number of carboxylic acids is 1. The Morgan fingerprint density at radius 3 is 1.45 bits per heavy atom. The van der Waals surface area contributed by atoms with Crippen molar-refractivity contribution >= 4 is 62.8 Å². The highest BCUT2D eigenvalue weighted by Crippen LogP contribution is 2.36. The first-order valence-electron chi connectivity index (χ1n) is 13.3. The Labute approximate surface area is 237 Å². The van der Waals surface area contributed by atoms with Crippen LogP contribution < -0.4 is 0 Å². The van der Waals surface area contributed by atoms with Crippen molar-refractivity contribution in [3.8, 4) is 0 Å². The summed E-state index contributed by atoms with van der Waals surface area (Å²) in [6.45, 7) is 32.0. The van der Waals surface area contributed by atoms with Gasteiger partial charge in [0, 0.05) is 18.0 Å². The van der Waals surface area contributed by atoms with Crippen LogP contribution in [0.2, 0.25) is 90.7 Å². The number of carbonyl (C=O) groups excluding carboxylic acids is 1. The minimum atomic E-state index is -3.80. The zero-order valence-corrected chi connectivity index (χ0v) is 32.3. The zero-order chi connectivity index (χ0) is 30.4. The maximum atomic E-state index is 12.4. The van der Waals surface area contributed by atoms with Crippen LogP contribution in [-0.2, 0) is 34.9 Å². The molecule has 9 nitrogen and oxygen atoms in total. The van der Waals surface area contributed by atoms with E-state index < -0.39 is 68.9 Å². The smallest absolute Gasteiger partial charge is 0.481 e. The topological polar surface area (TPSA) is 110 Å². The van der Waals surface area contributed by atoms with E-state index in [0.29, 0.717) is 24.1 Å². The third-order valence-electron chi connectivity index (χ3n) is 4.30. The van der Waals surface area contributed by atoms with Crippen LogP contribution in [0.4, 0.5) is 0 Å². The summed E-state index contributed by atoms with van der Waals surface area (Å²) in [6.07, 6.45) is -0.227. The van der Waals surface area contributed by atoms with Crippen LogP contribution in [0, 0.1) is 0 Å². The number of aliphatic carboxylic acids is 1. The monoisotopic (exact) mass is 642 g/mol. The van der Waals surface area contributed by atoms with E-state index in [4.69, 9.17) is 25.3 Å². The normalized spacial score (nSPS) is 16.1. The lowest BCUT2D eigenvalue weighted by molar-refractivity contribution is -0.142. The van der Waals surface area contributed by atoms with Crippen molar-refractivity contribution in [2.75, 3.05) is 0 Å². The molecule has 0 heterocycles. The zero-order valence-electron chi connectivity index (χ0n) is 26.3. The lowest BCUT2D eigenvalue weighted by Crippen LogP contribution is -2.68. The van der Waals surface area contributed by atoms with Gasteiger partial charge < -0.3 is 30.4 Å². The molecular formula is C23H54O9Si6. The van der Waals surface area contributed by atoms with Crippen molar-refractivity contribution < 1.29 is 40.0 Å². The number of ether oxygens (including phenoxy) is 1. The fourth-order valence-electron chi connectivity index (χ4n) is 3.62. The van der Waals surface area contributed by atoms with Crippen molar-refractivity contribution in [2.45, 2.75) is 123 Å². The molecule has 2 unspecified atom stereocenters. The summed E-state index contributed by atoms with van der Waals surface area (Å²) < 4.78 is 40.1. The molecule has 0 rings (SSSR count). The Morgan fingerprint density at radius 1 is 0.737 bits per heavy atom. The fourth-order valence-corrected chi connectivity index (χ4v) is 26.1. The van der Waals surface area contributed by atoms with Crippen LogP contribution in [0.25, 0.3) is 0 Å². The van der Waals surface area contributed by atoms with Gasteiger partial charge in [0.15, 0.2) is 33.3 Å². The summed E-state index contributed by atoms with van der Waals surface area (Å²) in [4.78, 5) is 23.8. The van der Waals surface area contributed by atoms with Crippen molar-refractivity contribution in [1.29, 1.82) is 0 Å². The molecular weight excluding hydrogens is 589 g/mol. The summed E-state index contributed by atoms with van der Waals surface area (Å²) in [6, 6.07) is 0.677. The lowest BCUT2D eigenvalue weighted by Gasteiger charge is -2.47. The van der Waals surface area contributed by atoms with E-state index in [1.54, 1.807) is 13.8 Å². The number of esters is 1. The minimum absolute atomic E-state index is 0.0275. The number of carbonyl (C=O) groups is 2. The highest BCUT2D eigenvalue weighted by molar-refractivity contribution is 6.92. The molecule has 0 aromatic carbocycles. The van der Waals surface area contributed by atoms with E-state index in [-0.39, 0.29) is 6.42 Å². The maximum absolute atomic E-state index is 12.4. The number of rotatable bonds is 18. The average molecular weight is 643 g/mol. The molecule has 0 aromatic heterocycles. The van der Waals surface area contributed by atoms with Crippen molar-refractivity contribution in [2.24, 2.45) is 0 Å². The fraction of sp³-hybridized carbons (Fsp3) is 0.826. The molecule has 0 saturated heterocycles. The lowest BCUT2D eigenvalue weighted by atomic mass is 10.3. The largest absolute Gasteiger partial charge is 0.638 e. The van der Waals surface area contributed by atoms with Gasteiger partial charge in [0.05, 0.1) is 0 Å². The van der Waals surface area contributed by atoms with E-state index in [1.807, 2.05) is 0 Å². The summed E-state index contributed by atoms with van der Waals surface area (Å²) >= 11 is 0. The Balaban J connectivity index is 7.03. The van der Waals surface area contributed by atoms with Gasteiger partial charge in [0.1, 0.15) is 6.10 Å². The molecule has 2 atom stereocenters. The molecule has 38 heavy (non-hydrogen) atoms. The Hall–Kier alpha value is -0.219. The Kier molecular flexibility index (Phi) is 14.0. The van der Waals surface area contributed by atoms with Gasteiger partial charge in [-0.3, -0.25) is 4.79 Å². The van der Waals surface area contributed by atoms with Crippen molar-refractivity contribution in [3.63, 3.8) is 0 Å². The summed E-state index contributed by atoms with van der Waals surface area (Å²) in [7, 11) is -16.2. The summed E-state index contributed by atoms with van der Waals surface area (Å²) in [5.41, 5.74) is 0.303. The van der Waals surface area contributed by atoms with E-state index in [1.165, 1.54) is 0 Å². The van der Waals surface area contributed by atoms with Crippen LogP contribution in [0.3, 0.4) is 0 Å². The Bertz CT molecular complexity index is 771. The summed E-state index contributed by atoms with van der Waals surface area (Å²) in [5, 5.41) is 9.41. The third kappa shape index (κ3) is 17.5. The first-order chi connectivity index (χ1) is 16.7. The van der Waals surface area contributed by atoms with Crippen LogP contribution in [0.15, 0.2) is 12.2 Å². The second-order valence-corrected chi connectivity index (χ2v) is 38.5. The summed E-state index contributed by atoms with van der Waals surface area (Å²) in [5.74, 6) is -1.38. The van der Waals surface area contributed by atoms with Gasteiger partial charge in [0.25, 0.3) is 0 Å². The van der Waals surface area contributed by atoms with E-state index in [2.05, 4.69) is 85.1 Å². The van der Waals surface area contributed by atoms with Gasteiger partial charge in [0.2, 0.25) is 0 Å². The number of carboxylic acid groups (broad SMARTS) is 1. The van der Waals surface area contributed by atoms with Gasteiger partial charge in [-0.2, -0.15) is 0 Å². The van der Waals surface area contributed by atoms with E-state index in [0.717, 1.165) is 0 Å². The first-order valence-corrected chi connectivity index (χ1v) is 30.8. The molecule has 0 aromatic rings. The molecule has 0 radical (unpaired) electrons. The number of hydrogen-bond donors (Lipinski definition) is 1. The van der Waals surface area contributed by atoms with Gasteiger partial charge in [-0.05, 0) is 105 Å². The van der Waals surface area contributed by atoms with Gasteiger partial charge in [-0.25, -0.2) is 4.79 Å². The highest BCUT2D eigenvalue weighted by atomic mass is 28.6. The van der Waals surface area contributed by atoms with Crippen LogP contribution in [0.1, 0.15) is 26.7 Å². The molecule has 1 N–H and O–H groups in total. The molecule has 0 aliphatic rings. The molecule has 224 valence electrons. The number of hydrogen-bond acceptors (Lipinski definition) is 8. The van der Waals surface area contributed by atoms with Gasteiger partial charge >= 0.3 is 29.5 Å². The standard InChI is InChI=1S/C23H54O9Si6/c1-20(2)23(26)27-21(3)19-37(28-33(4,5)6,18-16-17-22(24)25)32-38(29-34(7,8)9,30-35(10,11)12)31-36(13,14)15/h21H,1,16-19H2,2-15H3,(H,24,25). The first kappa shape index (κ1) is 37.8. The predicted molar refractivity (Wildman–Crippen MR) is 167 cm³/mol. The molecule has 0 fully saturated rings. The molecule has 0 amide bonds. The molecule has 0 saturated carbocycles. The van der Waals surface area contributed by atoms with Crippen LogP contribution in [-0.4, -0.2) is 74.0 Å². The maximum Gasteiger partial charge on any atom is 0.638 e. The molecule has 15 heteroatoms. The molecule has 0 aliphatic carbocycles. The van der Waals surface area contributed by atoms with Crippen LogP contribution in [0.5, 0.6) is 0 Å². The van der Waals surface area contributed by atoms with E-state index in [9.17, 15) is 14.7 Å². The SMILES string of the molecule is C=C(C)C(=O)OC(C)C[Si](CCCC(=O)O)(O[Si](C)(C)C)O[Si](O[Si](C)(C)C)(O[Si](C)(C)C)O[Si](C)(C)C. The highest BCUT2D eigenvalue weighted by Gasteiger charge is 2.60.